The van der Waals surface area contributed by atoms with Crippen LogP contribution in [0.25, 0.3) is 16.7 Å². The van der Waals surface area contributed by atoms with Crippen LogP contribution in [-0.2, 0) is 24.9 Å². The second kappa shape index (κ2) is 7.43. The normalized spacial score (nSPS) is 20.8. The molecular weight excluding hydrogens is 406 g/mol. The number of pyridine rings is 1. The van der Waals surface area contributed by atoms with E-state index in [9.17, 15) is 9.59 Å². The van der Waals surface area contributed by atoms with Gasteiger partial charge in [-0.1, -0.05) is 26.8 Å². The van der Waals surface area contributed by atoms with Gasteiger partial charge in [0.1, 0.15) is 19.2 Å². The number of imidazole rings is 1. The third kappa shape index (κ3) is 3.55. The lowest BCUT2D eigenvalue weighted by atomic mass is 9.78. The molecule has 0 saturated carbocycles. The van der Waals surface area contributed by atoms with Gasteiger partial charge < -0.3 is 4.90 Å². The highest BCUT2D eigenvalue weighted by molar-refractivity contribution is 5.81. The van der Waals surface area contributed by atoms with E-state index in [0.29, 0.717) is 18.7 Å². The smallest absolute Gasteiger partial charge is 0.330 e. The molecule has 1 amide bonds. The lowest BCUT2D eigenvalue weighted by Gasteiger charge is -2.44. The molecule has 2 bridgehead atoms. The number of carbonyl (C=O) groups excluding carboxylic acids is 1. The molecule has 2 aliphatic heterocycles. The van der Waals surface area contributed by atoms with Crippen LogP contribution in [0.5, 0.6) is 0 Å². The summed E-state index contributed by atoms with van der Waals surface area (Å²) in [5.41, 5.74) is 3.61. The van der Waals surface area contributed by atoms with E-state index < -0.39 is 0 Å². The van der Waals surface area contributed by atoms with Crippen molar-refractivity contribution in [3.05, 3.63) is 47.0 Å². The van der Waals surface area contributed by atoms with Gasteiger partial charge in [-0.3, -0.25) is 13.9 Å². The van der Waals surface area contributed by atoms with Crippen LogP contribution in [-0.4, -0.2) is 52.3 Å². The van der Waals surface area contributed by atoms with Crippen molar-refractivity contribution < 1.29 is 4.79 Å². The Bertz CT molecular complexity index is 1260. The monoisotopic (exact) mass is 435 g/mol. The van der Waals surface area contributed by atoms with Crippen LogP contribution in [0.1, 0.15) is 39.3 Å². The van der Waals surface area contributed by atoms with Gasteiger partial charge in [0.05, 0.1) is 17.3 Å². The molecule has 0 N–H and O–H groups in total. The van der Waals surface area contributed by atoms with Crippen molar-refractivity contribution in [2.75, 3.05) is 6.54 Å². The van der Waals surface area contributed by atoms with Gasteiger partial charge >= 0.3 is 5.69 Å². The highest BCUT2D eigenvalue weighted by Gasteiger charge is 2.38. The molecule has 0 spiro atoms. The molecular formula is C23H29N7O2. The average Bonchev–Trinajstić information content (AvgIpc) is 3.35. The van der Waals surface area contributed by atoms with E-state index >= 15 is 0 Å². The third-order valence-corrected chi connectivity index (χ3v) is 6.43. The Morgan fingerprint density at radius 2 is 2.03 bits per heavy atom. The van der Waals surface area contributed by atoms with Gasteiger partial charge in [-0.25, -0.2) is 19.4 Å². The van der Waals surface area contributed by atoms with Gasteiger partial charge in [0, 0.05) is 26.1 Å². The van der Waals surface area contributed by atoms with Gasteiger partial charge in [-0.2, -0.15) is 5.10 Å². The van der Waals surface area contributed by atoms with Crippen molar-refractivity contribution in [1.29, 1.82) is 0 Å². The highest BCUT2D eigenvalue weighted by Crippen LogP contribution is 2.39. The van der Waals surface area contributed by atoms with Crippen LogP contribution in [0.15, 0.2) is 35.7 Å². The maximum Gasteiger partial charge on any atom is 0.330 e. The molecule has 2 atom stereocenters. The molecule has 1 aliphatic carbocycles. The molecule has 3 aromatic heterocycles. The second-order valence-electron chi connectivity index (χ2n) is 10.1. The summed E-state index contributed by atoms with van der Waals surface area (Å²) in [5, 5.41) is 4.05. The minimum absolute atomic E-state index is 0.00986. The maximum atomic E-state index is 12.8. The van der Waals surface area contributed by atoms with E-state index in [4.69, 9.17) is 4.98 Å². The fourth-order valence-electron chi connectivity index (χ4n) is 4.95. The minimum atomic E-state index is -0.0383. The number of aromatic nitrogens is 6. The number of piperidine rings is 1. The number of aryl methyl sites for hydroxylation is 1. The fourth-order valence-corrected chi connectivity index (χ4v) is 4.95. The summed E-state index contributed by atoms with van der Waals surface area (Å²) in [6.07, 6.45) is 7.19. The summed E-state index contributed by atoms with van der Waals surface area (Å²) in [6.45, 7) is 7.91. The van der Waals surface area contributed by atoms with E-state index in [-0.39, 0.29) is 35.5 Å². The molecule has 0 radical (unpaired) electrons. The largest absolute Gasteiger partial charge is 0.334 e. The molecule has 0 aromatic carbocycles. The zero-order chi connectivity index (χ0) is 22.6. The number of rotatable bonds is 4. The van der Waals surface area contributed by atoms with E-state index in [1.807, 2.05) is 21.6 Å². The number of hydrogen-bond donors (Lipinski definition) is 0. The van der Waals surface area contributed by atoms with Gasteiger partial charge in [0.15, 0.2) is 5.65 Å². The van der Waals surface area contributed by atoms with Crippen LogP contribution in [0.4, 0.5) is 0 Å². The third-order valence-electron chi connectivity index (χ3n) is 6.43. The Morgan fingerprint density at radius 1 is 1.22 bits per heavy atom. The van der Waals surface area contributed by atoms with Gasteiger partial charge in [0.25, 0.3) is 0 Å². The minimum Gasteiger partial charge on any atom is -0.334 e. The summed E-state index contributed by atoms with van der Waals surface area (Å²) in [5.74, 6) is 0.309. The van der Waals surface area contributed by atoms with Crippen LogP contribution in [0.2, 0.25) is 0 Å². The fraction of sp³-hybridized carbons (Fsp3) is 0.522. The first kappa shape index (κ1) is 20.7. The molecule has 9 heteroatoms. The van der Waals surface area contributed by atoms with Gasteiger partial charge in [-0.15, -0.1) is 0 Å². The zero-order valence-corrected chi connectivity index (χ0v) is 19.0. The van der Waals surface area contributed by atoms with Crippen molar-refractivity contribution in [3.63, 3.8) is 0 Å². The lowest BCUT2D eigenvalue weighted by Crippen LogP contribution is -2.50. The van der Waals surface area contributed by atoms with Crippen LogP contribution in [0, 0.1) is 11.3 Å². The van der Waals surface area contributed by atoms with Gasteiger partial charge in [-0.05, 0) is 36.0 Å². The molecule has 5 heterocycles. The molecule has 1 fully saturated rings. The summed E-state index contributed by atoms with van der Waals surface area (Å²) < 4.78 is 5.02. The lowest BCUT2D eigenvalue weighted by molar-refractivity contribution is -0.135. The first-order valence-electron chi connectivity index (χ1n) is 11.1. The molecule has 32 heavy (non-hydrogen) atoms. The molecule has 1 saturated heterocycles. The van der Waals surface area contributed by atoms with E-state index in [2.05, 4.69) is 36.9 Å². The second-order valence-corrected chi connectivity index (χ2v) is 10.1. The summed E-state index contributed by atoms with van der Waals surface area (Å²) >= 11 is 0. The first-order chi connectivity index (χ1) is 15.2. The van der Waals surface area contributed by atoms with E-state index in [1.54, 1.807) is 22.6 Å². The topological polar surface area (TPSA) is 90.8 Å². The van der Waals surface area contributed by atoms with Crippen molar-refractivity contribution >= 4 is 22.6 Å². The van der Waals surface area contributed by atoms with E-state index in [1.165, 1.54) is 11.9 Å². The molecule has 6 rings (SSSR count). The quantitative estimate of drug-likeness (QED) is 0.626. The Morgan fingerprint density at radius 3 is 2.69 bits per heavy atom. The van der Waals surface area contributed by atoms with Gasteiger partial charge in [0.2, 0.25) is 5.91 Å². The van der Waals surface area contributed by atoms with Crippen LogP contribution in [0.3, 0.4) is 0 Å². The van der Waals surface area contributed by atoms with Crippen molar-refractivity contribution in [2.45, 2.75) is 52.7 Å². The number of nitrogens with zero attached hydrogens (tertiary/aromatic N) is 7. The average molecular weight is 436 g/mol. The first-order valence-corrected chi connectivity index (χ1v) is 11.1. The van der Waals surface area contributed by atoms with Crippen LogP contribution < -0.4 is 5.69 Å². The maximum absolute atomic E-state index is 12.8. The Balaban J connectivity index is 1.45. The molecule has 168 valence electrons. The number of amides is 1. The summed E-state index contributed by atoms with van der Waals surface area (Å²) in [7, 11) is 1.78. The van der Waals surface area contributed by atoms with Crippen LogP contribution >= 0.6 is 0 Å². The molecule has 9 nitrogen and oxygen atoms in total. The Labute approximate surface area is 186 Å². The Hall–Kier alpha value is -3.23. The zero-order valence-electron chi connectivity index (χ0n) is 19.0. The standard InChI is InChI=1S/C23H29N7O2/c1-23(2,3)12-30-19-8-7-18(26-21(19)27(4)22(30)32)17-9-16-6-5-15(17)10-29(16)20(31)11-28-14-24-13-25-28/h7-9,13-16H,5-6,10-12H2,1-4H3. The van der Waals surface area contributed by atoms with E-state index in [0.717, 1.165) is 24.1 Å². The van der Waals surface area contributed by atoms with Crippen molar-refractivity contribution in [3.8, 4) is 0 Å². The summed E-state index contributed by atoms with van der Waals surface area (Å²) in [4.78, 5) is 36.4. The number of fused-ring (bicyclic) bond motifs is 3. The van der Waals surface area contributed by atoms with Crippen molar-refractivity contribution in [1.82, 2.24) is 33.8 Å². The highest BCUT2D eigenvalue weighted by atomic mass is 16.2. The molecule has 3 aliphatic rings. The molecule has 2 unspecified atom stereocenters. The predicted molar refractivity (Wildman–Crippen MR) is 121 cm³/mol. The number of carbonyl (C=O) groups is 1. The number of hydrogen-bond acceptors (Lipinski definition) is 5. The Kier molecular flexibility index (Phi) is 4.79. The predicted octanol–water partition coefficient (Wildman–Crippen LogP) is 2.08. The molecule has 3 aromatic rings. The van der Waals surface area contributed by atoms with Crippen molar-refractivity contribution in [2.24, 2.45) is 18.4 Å². The summed E-state index contributed by atoms with van der Waals surface area (Å²) in [6, 6.07) is 4.11. The SMILES string of the molecule is Cn1c(=O)n(CC(C)(C)C)c2ccc(C3=CC4CCC3CN4C(=O)Cn3cncn3)nc21.